The predicted molar refractivity (Wildman–Crippen MR) is 81.8 cm³/mol. The number of hydrogen-bond donors (Lipinski definition) is 2. The van der Waals surface area contributed by atoms with E-state index in [0.717, 1.165) is 37.3 Å². The molecule has 0 atom stereocenters. The van der Waals surface area contributed by atoms with E-state index in [-0.39, 0.29) is 5.41 Å². The highest BCUT2D eigenvalue weighted by molar-refractivity contribution is 5.47. The maximum absolute atomic E-state index is 10.5. The molecule has 5 heteroatoms. The van der Waals surface area contributed by atoms with Crippen molar-refractivity contribution in [2.24, 2.45) is 0 Å². The number of rotatable bonds is 3. The summed E-state index contributed by atoms with van der Waals surface area (Å²) in [5.41, 5.74) is 5.16. The zero-order chi connectivity index (χ0) is 15.0. The van der Waals surface area contributed by atoms with Gasteiger partial charge in [-0.1, -0.05) is 33.6 Å². The van der Waals surface area contributed by atoms with Crippen LogP contribution in [0.3, 0.4) is 0 Å². The summed E-state index contributed by atoms with van der Waals surface area (Å²) in [6, 6.07) is 1.77. The number of hydrogen-bond acceptors (Lipinski definition) is 5. The molecule has 20 heavy (non-hydrogen) atoms. The number of nitrogen functional groups attached to an aromatic ring is 1. The molecule has 0 bridgehead atoms. The topological polar surface area (TPSA) is 75.3 Å². The van der Waals surface area contributed by atoms with Crippen LogP contribution < -0.4 is 10.6 Å². The molecule has 1 aromatic rings. The zero-order valence-electron chi connectivity index (χ0n) is 13.0. The molecular weight excluding hydrogens is 252 g/mol. The molecule has 0 radical (unpaired) electrons. The molecule has 2 rings (SSSR count). The van der Waals surface area contributed by atoms with Crippen molar-refractivity contribution >= 4 is 11.6 Å². The Morgan fingerprint density at radius 2 is 1.90 bits per heavy atom. The minimum absolute atomic E-state index is 0.144. The maximum Gasteiger partial charge on any atom is 0.138 e. The van der Waals surface area contributed by atoms with Gasteiger partial charge in [0.1, 0.15) is 17.5 Å². The molecule has 0 saturated heterocycles. The Hall–Kier alpha value is -1.36. The summed E-state index contributed by atoms with van der Waals surface area (Å²) in [4.78, 5) is 10.9. The Balaban J connectivity index is 2.21. The number of aromatic nitrogens is 2. The first-order valence-electron chi connectivity index (χ1n) is 7.28. The number of aliphatic hydroxyl groups is 1. The number of nitrogens with zero attached hydrogens (tertiary/aromatic N) is 3. The minimum Gasteiger partial charge on any atom is -0.388 e. The van der Waals surface area contributed by atoms with Crippen LogP contribution in [0.25, 0.3) is 0 Å². The highest BCUT2D eigenvalue weighted by Crippen LogP contribution is 2.31. The second-order valence-electron chi connectivity index (χ2n) is 7.01. The molecule has 112 valence electrons. The number of likely N-dealkylation sites (N-methyl/N-ethyl adjacent to an activating group) is 1. The monoisotopic (exact) mass is 278 g/mol. The number of nitrogens with two attached hydrogens (primary N) is 1. The first-order chi connectivity index (χ1) is 9.20. The van der Waals surface area contributed by atoms with Crippen molar-refractivity contribution in [1.29, 1.82) is 0 Å². The van der Waals surface area contributed by atoms with Gasteiger partial charge < -0.3 is 15.7 Å². The van der Waals surface area contributed by atoms with Crippen LogP contribution >= 0.6 is 0 Å². The van der Waals surface area contributed by atoms with Crippen molar-refractivity contribution in [1.82, 2.24) is 9.97 Å². The van der Waals surface area contributed by atoms with Gasteiger partial charge in [-0.2, -0.15) is 0 Å². The van der Waals surface area contributed by atoms with E-state index in [4.69, 9.17) is 5.73 Å². The van der Waals surface area contributed by atoms with Gasteiger partial charge in [-0.15, -0.1) is 0 Å². The second kappa shape index (κ2) is 5.20. The lowest BCUT2D eigenvalue weighted by atomic mass is 9.95. The standard InChI is InChI=1S/C15H26N4O/c1-14(2,3)13-17-11(16)9-12(18-13)19(4)10-15(20)7-5-6-8-15/h9,20H,5-8,10H2,1-4H3,(H2,16,17,18). The Bertz CT molecular complexity index is 475. The molecule has 5 nitrogen and oxygen atoms in total. The highest BCUT2D eigenvalue weighted by Gasteiger charge is 2.33. The molecule has 0 unspecified atom stereocenters. The maximum atomic E-state index is 10.5. The van der Waals surface area contributed by atoms with Crippen molar-refractivity contribution in [3.8, 4) is 0 Å². The Labute approximate surface area is 121 Å². The van der Waals surface area contributed by atoms with Crippen LogP contribution in [-0.4, -0.2) is 34.3 Å². The summed E-state index contributed by atoms with van der Waals surface area (Å²) in [6.45, 7) is 6.79. The fraction of sp³-hybridized carbons (Fsp3) is 0.733. The minimum atomic E-state index is -0.587. The summed E-state index contributed by atoms with van der Waals surface area (Å²) in [7, 11) is 1.95. The molecular formula is C15H26N4O. The van der Waals surface area contributed by atoms with Crippen LogP contribution in [0.15, 0.2) is 6.07 Å². The largest absolute Gasteiger partial charge is 0.388 e. The molecule has 0 aromatic carbocycles. The van der Waals surface area contributed by atoms with E-state index in [1.165, 1.54) is 0 Å². The van der Waals surface area contributed by atoms with Crippen LogP contribution in [0.4, 0.5) is 11.6 Å². The van der Waals surface area contributed by atoms with Crippen molar-refractivity contribution in [2.45, 2.75) is 57.5 Å². The van der Waals surface area contributed by atoms with Gasteiger partial charge in [0.05, 0.1) is 5.60 Å². The zero-order valence-corrected chi connectivity index (χ0v) is 13.0. The Morgan fingerprint density at radius 1 is 1.30 bits per heavy atom. The molecule has 0 aliphatic heterocycles. The summed E-state index contributed by atoms with van der Waals surface area (Å²) < 4.78 is 0. The van der Waals surface area contributed by atoms with E-state index in [0.29, 0.717) is 12.4 Å². The van der Waals surface area contributed by atoms with Crippen molar-refractivity contribution in [2.75, 3.05) is 24.2 Å². The van der Waals surface area contributed by atoms with Crippen LogP contribution in [0.5, 0.6) is 0 Å². The van der Waals surface area contributed by atoms with E-state index in [1.807, 2.05) is 11.9 Å². The normalized spacial score (nSPS) is 18.2. The summed E-state index contributed by atoms with van der Waals surface area (Å²) in [5, 5.41) is 10.5. The third-order valence-corrected chi connectivity index (χ3v) is 3.86. The average Bonchev–Trinajstić information content (AvgIpc) is 2.73. The van der Waals surface area contributed by atoms with Crippen LogP contribution in [0.2, 0.25) is 0 Å². The van der Waals surface area contributed by atoms with E-state index in [2.05, 4.69) is 30.7 Å². The van der Waals surface area contributed by atoms with E-state index < -0.39 is 5.60 Å². The molecule has 1 aliphatic rings. The summed E-state index contributed by atoms with van der Waals surface area (Å²) in [5.74, 6) is 1.99. The van der Waals surface area contributed by atoms with E-state index >= 15 is 0 Å². The lowest BCUT2D eigenvalue weighted by molar-refractivity contribution is 0.0558. The van der Waals surface area contributed by atoms with Crippen molar-refractivity contribution in [3.63, 3.8) is 0 Å². The molecule has 1 aromatic heterocycles. The molecule has 1 saturated carbocycles. The fourth-order valence-electron chi connectivity index (χ4n) is 2.70. The van der Waals surface area contributed by atoms with E-state index in [9.17, 15) is 5.11 Å². The van der Waals surface area contributed by atoms with Gasteiger partial charge in [0, 0.05) is 25.1 Å². The van der Waals surface area contributed by atoms with Gasteiger partial charge in [-0.05, 0) is 12.8 Å². The van der Waals surface area contributed by atoms with Gasteiger partial charge in [0.25, 0.3) is 0 Å². The molecule has 0 spiro atoms. The Morgan fingerprint density at radius 3 is 2.45 bits per heavy atom. The van der Waals surface area contributed by atoms with E-state index in [1.54, 1.807) is 6.07 Å². The molecule has 3 N–H and O–H groups in total. The molecule has 1 heterocycles. The van der Waals surface area contributed by atoms with Gasteiger partial charge in [-0.25, -0.2) is 9.97 Å². The Kier molecular flexibility index (Phi) is 3.91. The third kappa shape index (κ3) is 3.39. The van der Waals surface area contributed by atoms with Gasteiger partial charge in [0.15, 0.2) is 0 Å². The van der Waals surface area contributed by atoms with Crippen LogP contribution in [0, 0.1) is 0 Å². The van der Waals surface area contributed by atoms with Crippen LogP contribution in [0.1, 0.15) is 52.3 Å². The third-order valence-electron chi connectivity index (χ3n) is 3.86. The predicted octanol–water partition coefficient (Wildman–Crippen LogP) is 2.10. The van der Waals surface area contributed by atoms with Crippen LogP contribution in [-0.2, 0) is 5.41 Å². The quantitative estimate of drug-likeness (QED) is 0.885. The summed E-state index contributed by atoms with van der Waals surface area (Å²) >= 11 is 0. The fourth-order valence-corrected chi connectivity index (χ4v) is 2.70. The van der Waals surface area contributed by atoms with Gasteiger partial charge >= 0.3 is 0 Å². The number of anilines is 2. The van der Waals surface area contributed by atoms with Gasteiger partial charge in [0.2, 0.25) is 0 Å². The second-order valence-corrected chi connectivity index (χ2v) is 7.01. The lowest BCUT2D eigenvalue weighted by Gasteiger charge is -2.30. The molecule has 1 fully saturated rings. The average molecular weight is 278 g/mol. The molecule has 0 amide bonds. The SMILES string of the molecule is CN(CC1(O)CCCC1)c1cc(N)nc(C(C)(C)C)n1. The van der Waals surface area contributed by atoms with Gasteiger partial charge in [-0.3, -0.25) is 0 Å². The van der Waals surface area contributed by atoms with Crippen molar-refractivity contribution in [3.05, 3.63) is 11.9 Å². The van der Waals surface area contributed by atoms with Crippen molar-refractivity contribution < 1.29 is 5.11 Å². The highest BCUT2D eigenvalue weighted by atomic mass is 16.3. The summed E-state index contributed by atoms with van der Waals surface area (Å²) in [6.07, 6.45) is 3.93. The first kappa shape index (κ1) is 15.0. The molecule has 1 aliphatic carbocycles. The lowest BCUT2D eigenvalue weighted by Crippen LogP contribution is -2.39. The first-order valence-corrected chi connectivity index (χ1v) is 7.28. The smallest absolute Gasteiger partial charge is 0.138 e.